The second-order valence-electron chi connectivity index (χ2n) is 10.1. The van der Waals surface area contributed by atoms with E-state index in [9.17, 15) is 19.4 Å². The van der Waals surface area contributed by atoms with Crippen molar-refractivity contribution in [3.05, 3.63) is 58.1 Å². The summed E-state index contributed by atoms with van der Waals surface area (Å²) < 4.78 is 20.0. The van der Waals surface area contributed by atoms with Gasteiger partial charge in [-0.05, 0) is 25.0 Å². The number of phenols is 1. The average molecular weight is 522 g/mol. The van der Waals surface area contributed by atoms with E-state index >= 15 is 0 Å². The van der Waals surface area contributed by atoms with E-state index in [2.05, 4.69) is 20.1 Å². The van der Waals surface area contributed by atoms with Gasteiger partial charge in [-0.25, -0.2) is 4.39 Å². The van der Waals surface area contributed by atoms with Crippen LogP contribution < -0.4 is 25.3 Å². The number of ether oxygens (including phenoxy) is 1. The first kappa shape index (κ1) is 24.6. The number of aromatic hydroxyl groups is 1. The van der Waals surface area contributed by atoms with Gasteiger partial charge in [0.05, 0.1) is 29.4 Å². The molecule has 1 aromatic heterocycles. The van der Waals surface area contributed by atoms with Gasteiger partial charge in [-0.3, -0.25) is 9.69 Å². The Kier molecular flexibility index (Phi) is 6.37. The lowest BCUT2D eigenvalue weighted by atomic mass is 10.00. The number of rotatable bonds is 4. The molecule has 38 heavy (non-hydrogen) atoms. The quantitative estimate of drug-likeness (QED) is 0.416. The number of aliphatic hydroxyl groups excluding tert-OH is 1. The molecule has 0 saturated carbocycles. The lowest BCUT2D eigenvalue weighted by Crippen LogP contribution is -2.53. The number of anilines is 3. The van der Waals surface area contributed by atoms with Crippen LogP contribution in [-0.2, 0) is 0 Å². The van der Waals surface area contributed by atoms with Crippen LogP contribution in [0.25, 0.3) is 17.0 Å². The van der Waals surface area contributed by atoms with Gasteiger partial charge in [-0.1, -0.05) is 6.08 Å². The number of benzene rings is 2. The van der Waals surface area contributed by atoms with Crippen LogP contribution in [0, 0.1) is 5.82 Å². The molecule has 2 aromatic carbocycles. The Morgan fingerprint density at radius 2 is 1.82 bits per heavy atom. The molecule has 2 fully saturated rings. The number of hydrogen-bond donors (Lipinski definition) is 4. The lowest BCUT2D eigenvalue weighted by Gasteiger charge is -2.44. The van der Waals surface area contributed by atoms with E-state index in [-0.39, 0.29) is 11.1 Å². The fraction of sp³-hybridized carbons (Fsp3) is 0.393. The van der Waals surface area contributed by atoms with Crippen molar-refractivity contribution in [1.29, 1.82) is 0 Å². The number of H-pyrrole nitrogens is 1. The van der Waals surface area contributed by atoms with Crippen molar-refractivity contribution in [2.45, 2.75) is 25.1 Å². The highest BCUT2D eigenvalue weighted by Crippen LogP contribution is 2.39. The van der Waals surface area contributed by atoms with Gasteiger partial charge in [0, 0.05) is 75.3 Å². The van der Waals surface area contributed by atoms with Crippen LogP contribution in [0.4, 0.5) is 21.5 Å². The third kappa shape index (κ3) is 4.33. The molecule has 9 nitrogen and oxygen atoms in total. The fourth-order valence-electron chi connectivity index (χ4n) is 6.06. The summed E-state index contributed by atoms with van der Waals surface area (Å²) in [4.78, 5) is 22.2. The second-order valence-corrected chi connectivity index (χ2v) is 10.1. The molecule has 2 saturated heterocycles. The van der Waals surface area contributed by atoms with Crippen LogP contribution in [0.2, 0.25) is 0 Å². The van der Waals surface area contributed by atoms with Crippen molar-refractivity contribution in [1.82, 2.24) is 9.88 Å². The summed E-state index contributed by atoms with van der Waals surface area (Å²) >= 11 is 0. The van der Waals surface area contributed by atoms with Crippen LogP contribution in [0.3, 0.4) is 0 Å². The van der Waals surface area contributed by atoms with Crippen LogP contribution in [0.15, 0.2) is 41.3 Å². The topological polar surface area (TPSA) is 104 Å². The van der Waals surface area contributed by atoms with Crippen molar-refractivity contribution in [2.75, 3.05) is 61.5 Å². The zero-order valence-corrected chi connectivity index (χ0v) is 21.3. The normalized spacial score (nSPS) is 20.4. The number of fused-ring (bicyclic) bond motifs is 2. The number of methoxy groups -OCH3 is 1. The molecule has 200 valence electrons. The van der Waals surface area contributed by atoms with Crippen LogP contribution in [0.1, 0.15) is 18.4 Å². The zero-order chi connectivity index (χ0) is 26.4. The first-order valence-corrected chi connectivity index (χ1v) is 13.0. The molecule has 3 aliphatic heterocycles. The van der Waals surface area contributed by atoms with E-state index < -0.39 is 17.5 Å². The molecule has 0 bridgehead atoms. The molecule has 0 aliphatic carbocycles. The Morgan fingerprint density at radius 1 is 1.05 bits per heavy atom. The number of halogens is 1. The molecule has 0 radical (unpaired) electrons. The van der Waals surface area contributed by atoms with Crippen LogP contribution in [0.5, 0.6) is 11.5 Å². The number of aliphatic hydroxyl groups is 1. The average Bonchev–Trinajstić information content (AvgIpc) is 2.93. The van der Waals surface area contributed by atoms with Crippen LogP contribution in [-0.4, -0.2) is 78.7 Å². The predicted molar refractivity (Wildman–Crippen MR) is 147 cm³/mol. The first-order valence-electron chi connectivity index (χ1n) is 13.0. The molecule has 4 heterocycles. The number of nitrogens with one attached hydrogen (secondary N) is 2. The zero-order valence-electron chi connectivity index (χ0n) is 21.3. The first-order chi connectivity index (χ1) is 18.4. The maximum atomic E-state index is 14.4. The molecule has 0 amide bonds. The van der Waals surface area contributed by atoms with E-state index in [0.29, 0.717) is 30.3 Å². The van der Waals surface area contributed by atoms with E-state index in [0.717, 1.165) is 67.8 Å². The van der Waals surface area contributed by atoms with Gasteiger partial charge in [0.1, 0.15) is 29.2 Å². The van der Waals surface area contributed by atoms with Crippen molar-refractivity contribution in [3.63, 3.8) is 0 Å². The summed E-state index contributed by atoms with van der Waals surface area (Å²) in [5.74, 6) is -0.0812. The van der Waals surface area contributed by atoms with E-state index in [1.165, 1.54) is 12.3 Å². The van der Waals surface area contributed by atoms with E-state index in [4.69, 9.17) is 4.74 Å². The number of phenolic OH excluding ortho intramolecular Hbond substituents is 1. The molecule has 1 unspecified atom stereocenters. The third-order valence-electron chi connectivity index (χ3n) is 8.00. The van der Waals surface area contributed by atoms with Gasteiger partial charge in [0.2, 0.25) is 0 Å². The summed E-state index contributed by atoms with van der Waals surface area (Å²) in [6.45, 7) is 4.93. The number of hydrogen-bond acceptors (Lipinski definition) is 8. The molecule has 0 spiro atoms. The SMILES string of the molecule is COc1cc2c(c(N3CCN(C4CCN(c5c(O)cc(F)c6c(=O)cc[nH]c56)CC4)CC3)c1)NC(O)C=C2. The summed E-state index contributed by atoms with van der Waals surface area (Å²) in [6, 6.07) is 6.74. The molecular formula is C28H32FN5O4. The minimum Gasteiger partial charge on any atom is -0.506 e. The monoisotopic (exact) mass is 521 g/mol. The Bertz CT molecular complexity index is 1440. The Morgan fingerprint density at radius 3 is 2.55 bits per heavy atom. The van der Waals surface area contributed by atoms with Crippen LogP contribution >= 0.6 is 0 Å². The summed E-state index contributed by atoms with van der Waals surface area (Å²) in [5.41, 5.74) is 3.39. The third-order valence-corrected chi connectivity index (χ3v) is 8.00. The molecular weight excluding hydrogens is 489 g/mol. The maximum Gasteiger partial charge on any atom is 0.192 e. The smallest absolute Gasteiger partial charge is 0.192 e. The highest BCUT2D eigenvalue weighted by Gasteiger charge is 2.31. The second kappa shape index (κ2) is 9.85. The highest BCUT2D eigenvalue weighted by atomic mass is 19.1. The van der Waals surface area contributed by atoms with Gasteiger partial charge in [0.25, 0.3) is 0 Å². The summed E-state index contributed by atoms with van der Waals surface area (Å²) in [5, 5.41) is 23.8. The van der Waals surface area contributed by atoms with Gasteiger partial charge in [-0.2, -0.15) is 0 Å². The van der Waals surface area contributed by atoms with Crippen molar-refractivity contribution < 1.29 is 19.3 Å². The fourth-order valence-corrected chi connectivity index (χ4v) is 6.06. The Labute approximate surface area is 219 Å². The lowest BCUT2D eigenvalue weighted by molar-refractivity contribution is 0.160. The predicted octanol–water partition coefficient (Wildman–Crippen LogP) is 2.93. The van der Waals surface area contributed by atoms with Crippen molar-refractivity contribution in [2.24, 2.45) is 0 Å². The molecule has 1 atom stereocenters. The van der Waals surface area contributed by atoms with Crippen molar-refractivity contribution in [3.8, 4) is 11.5 Å². The maximum absolute atomic E-state index is 14.4. The number of piperazine rings is 1. The highest BCUT2D eigenvalue weighted by molar-refractivity contribution is 5.94. The molecule has 3 aromatic rings. The van der Waals surface area contributed by atoms with E-state index in [1.54, 1.807) is 13.2 Å². The number of piperidine rings is 1. The molecule has 6 rings (SSSR count). The van der Waals surface area contributed by atoms with E-state index in [1.807, 2.05) is 23.1 Å². The number of pyridine rings is 1. The summed E-state index contributed by atoms with van der Waals surface area (Å²) in [6.07, 6.45) is 6.24. The number of aromatic nitrogens is 1. The Hall–Kier alpha value is -3.76. The van der Waals surface area contributed by atoms with Gasteiger partial charge in [-0.15, -0.1) is 0 Å². The minimum atomic E-state index is -0.714. The standard InChI is InChI=1S/C28H32FN5O4/c1-38-19-14-17-2-3-24(37)31-26(17)21(15-19)33-12-10-32(11-13-33)18-5-8-34(9-6-18)28-23(36)16-20(29)25-22(35)4-7-30-27(25)28/h2-4,7,14-16,18,24,31,36-37H,5-6,8-13H2,1H3,(H,30,35). The molecule has 3 aliphatic rings. The van der Waals surface area contributed by atoms with Gasteiger partial charge < -0.3 is 35.1 Å². The summed E-state index contributed by atoms with van der Waals surface area (Å²) in [7, 11) is 1.66. The largest absolute Gasteiger partial charge is 0.506 e. The van der Waals surface area contributed by atoms with Gasteiger partial charge in [0.15, 0.2) is 5.43 Å². The minimum absolute atomic E-state index is 0.0178. The number of aromatic amines is 1. The number of nitrogens with zero attached hydrogens (tertiary/aromatic N) is 3. The van der Waals surface area contributed by atoms with Crippen molar-refractivity contribution >= 4 is 34.0 Å². The molecule has 10 heteroatoms. The molecule has 4 N–H and O–H groups in total. The van der Waals surface area contributed by atoms with Gasteiger partial charge >= 0.3 is 0 Å². The Balaban J connectivity index is 1.14.